The molecule has 0 fully saturated rings. The fourth-order valence-electron chi connectivity index (χ4n) is 1.87. The van der Waals surface area contributed by atoms with Crippen LogP contribution in [0, 0.1) is 6.92 Å². The summed E-state index contributed by atoms with van der Waals surface area (Å²) in [5.41, 5.74) is 2.07. The predicted octanol–water partition coefficient (Wildman–Crippen LogP) is 2.31. The molecule has 0 radical (unpaired) electrons. The molecule has 0 spiro atoms. The first-order chi connectivity index (χ1) is 7.60. The summed E-state index contributed by atoms with van der Waals surface area (Å²) in [7, 11) is 1.80. The van der Waals surface area contributed by atoms with E-state index in [0.29, 0.717) is 16.5 Å². The topological polar surface area (TPSA) is 47.8 Å². The highest BCUT2D eigenvalue weighted by Crippen LogP contribution is 2.28. The van der Waals surface area contributed by atoms with Crippen molar-refractivity contribution in [1.29, 1.82) is 0 Å². The maximum Gasteiger partial charge on any atom is 0.153 e. The Morgan fingerprint density at radius 3 is 2.69 bits per heavy atom. The Balaban J connectivity index is 2.99. The van der Waals surface area contributed by atoms with Gasteiger partial charge in [-0.2, -0.15) is 0 Å². The smallest absolute Gasteiger partial charge is 0.153 e. The molecular weight excluding hydrogens is 226 g/mol. The van der Waals surface area contributed by atoms with Gasteiger partial charge in [0.1, 0.15) is 16.6 Å². The lowest BCUT2D eigenvalue weighted by Crippen LogP contribution is -1.98. The van der Waals surface area contributed by atoms with Crippen LogP contribution >= 0.6 is 11.6 Å². The molecule has 0 aliphatic heterocycles. The monoisotopic (exact) mass is 237 g/mol. The Morgan fingerprint density at radius 2 is 2.12 bits per heavy atom. The zero-order valence-corrected chi connectivity index (χ0v) is 10.2. The number of carbonyl (C=O) groups is 1. The Bertz CT molecular complexity index is 574. The van der Waals surface area contributed by atoms with Crippen LogP contribution < -0.4 is 0 Å². The van der Waals surface area contributed by atoms with E-state index in [1.165, 1.54) is 0 Å². The fraction of sp³-hybridized carbons (Fsp3) is 0.364. The van der Waals surface area contributed by atoms with E-state index < -0.39 is 0 Å². The van der Waals surface area contributed by atoms with Crippen LogP contribution in [0.15, 0.2) is 0 Å². The molecule has 5 heteroatoms. The van der Waals surface area contributed by atoms with Crippen LogP contribution in [0.5, 0.6) is 0 Å². The molecule has 0 aliphatic rings. The zero-order chi connectivity index (χ0) is 11.9. The molecule has 2 rings (SSSR count). The van der Waals surface area contributed by atoms with Crippen LogP contribution in [-0.4, -0.2) is 20.8 Å². The molecule has 0 bridgehead atoms. The quantitative estimate of drug-likeness (QED) is 0.753. The van der Waals surface area contributed by atoms with Gasteiger partial charge in [-0.3, -0.25) is 4.79 Å². The van der Waals surface area contributed by atoms with Crippen molar-refractivity contribution in [2.75, 3.05) is 0 Å². The molecule has 84 valence electrons. The third kappa shape index (κ3) is 1.41. The Kier molecular flexibility index (Phi) is 2.68. The number of rotatable bonds is 2. The molecule has 0 saturated carbocycles. The van der Waals surface area contributed by atoms with Gasteiger partial charge in [-0.05, 0) is 13.3 Å². The lowest BCUT2D eigenvalue weighted by molar-refractivity contribution is 0.112. The number of aldehydes is 1. The number of hydrogen-bond acceptors (Lipinski definition) is 3. The molecule has 0 atom stereocenters. The summed E-state index contributed by atoms with van der Waals surface area (Å²) in [5, 5.41) is 1.19. The van der Waals surface area contributed by atoms with Crippen LogP contribution in [0.3, 0.4) is 0 Å². The molecule has 0 amide bonds. The summed E-state index contributed by atoms with van der Waals surface area (Å²) < 4.78 is 1.72. The summed E-state index contributed by atoms with van der Waals surface area (Å²) in [4.78, 5) is 19.7. The van der Waals surface area contributed by atoms with Crippen LogP contribution in [0.4, 0.5) is 0 Å². The first kappa shape index (κ1) is 11.1. The summed E-state index contributed by atoms with van der Waals surface area (Å²) in [6.45, 7) is 3.83. The van der Waals surface area contributed by atoms with Gasteiger partial charge in [0.2, 0.25) is 0 Å². The van der Waals surface area contributed by atoms with Crippen molar-refractivity contribution in [3.8, 4) is 0 Å². The molecule has 4 nitrogen and oxygen atoms in total. The Morgan fingerprint density at radius 1 is 1.44 bits per heavy atom. The van der Waals surface area contributed by atoms with Crippen LogP contribution in [0.1, 0.15) is 28.8 Å². The average Bonchev–Trinajstić information content (AvgIpc) is 2.51. The third-order valence-corrected chi connectivity index (χ3v) is 3.09. The van der Waals surface area contributed by atoms with Crippen molar-refractivity contribution in [1.82, 2.24) is 14.5 Å². The van der Waals surface area contributed by atoms with Crippen molar-refractivity contribution in [2.45, 2.75) is 20.3 Å². The predicted molar refractivity (Wildman–Crippen MR) is 63.0 cm³/mol. The van der Waals surface area contributed by atoms with Crippen LogP contribution in [0.2, 0.25) is 5.15 Å². The number of fused-ring (bicyclic) bond motifs is 1. The Hall–Kier alpha value is -1.42. The lowest BCUT2D eigenvalue weighted by Gasteiger charge is -2.02. The summed E-state index contributed by atoms with van der Waals surface area (Å²) in [6.07, 6.45) is 1.52. The molecule has 16 heavy (non-hydrogen) atoms. The molecule has 2 heterocycles. The average molecular weight is 238 g/mol. The van der Waals surface area contributed by atoms with E-state index in [1.54, 1.807) is 11.6 Å². The van der Waals surface area contributed by atoms with Crippen molar-refractivity contribution >= 4 is 28.9 Å². The van der Waals surface area contributed by atoms with E-state index in [0.717, 1.165) is 29.4 Å². The second kappa shape index (κ2) is 3.87. The second-order valence-corrected chi connectivity index (χ2v) is 4.01. The van der Waals surface area contributed by atoms with Gasteiger partial charge < -0.3 is 4.57 Å². The van der Waals surface area contributed by atoms with Crippen molar-refractivity contribution < 1.29 is 4.79 Å². The number of nitrogens with zero attached hydrogens (tertiary/aromatic N) is 3. The number of hydrogen-bond donors (Lipinski definition) is 0. The first-order valence-corrected chi connectivity index (χ1v) is 5.44. The minimum absolute atomic E-state index is 0.416. The fourth-order valence-corrected chi connectivity index (χ4v) is 2.09. The standard InChI is InChI=1S/C11H12ClN3O/c1-4-8-9-7(5-16)10(12)15(3)11(9)14-6(2)13-8/h5H,4H2,1-3H3. The van der Waals surface area contributed by atoms with Gasteiger partial charge in [0.05, 0.1) is 16.6 Å². The van der Waals surface area contributed by atoms with E-state index in [1.807, 2.05) is 13.8 Å². The van der Waals surface area contributed by atoms with Gasteiger partial charge in [-0.1, -0.05) is 18.5 Å². The lowest BCUT2D eigenvalue weighted by atomic mass is 10.1. The minimum atomic E-state index is 0.416. The SMILES string of the molecule is CCc1nc(C)nc2c1c(C=O)c(Cl)n2C. The van der Waals surface area contributed by atoms with Gasteiger partial charge >= 0.3 is 0 Å². The highest BCUT2D eigenvalue weighted by molar-refractivity contribution is 6.34. The normalized spacial score (nSPS) is 11.0. The van der Waals surface area contributed by atoms with Gasteiger partial charge in [0, 0.05) is 7.05 Å². The molecule has 0 saturated heterocycles. The third-order valence-electron chi connectivity index (χ3n) is 2.63. The van der Waals surface area contributed by atoms with Gasteiger partial charge in [0.15, 0.2) is 6.29 Å². The number of halogens is 1. The largest absolute Gasteiger partial charge is 0.319 e. The van der Waals surface area contributed by atoms with E-state index in [4.69, 9.17) is 11.6 Å². The maximum atomic E-state index is 11.1. The molecule has 2 aromatic rings. The highest BCUT2D eigenvalue weighted by Gasteiger charge is 2.18. The summed E-state index contributed by atoms with van der Waals surface area (Å²) in [5.74, 6) is 0.694. The second-order valence-electron chi connectivity index (χ2n) is 3.65. The molecular formula is C11H12ClN3O. The van der Waals surface area contributed by atoms with E-state index in [2.05, 4.69) is 9.97 Å². The minimum Gasteiger partial charge on any atom is -0.319 e. The number of carbonyl (C=O) groups excluding carboxylic acids is 1. The van der Waals surface area contributed by atoms with Gasteiger partial charge in [-0.25, -0.2) is 9.97 Å². The number of aryl methyl sites for hydroxylation is 3. The van der Waals surface area contributed by atoms with Crippen LogP contribution in [-0.2, 0) is 13.5 Å². The summed E-state index contributed by atoms with van der Waals surface area (Å²) in [6, 6.07) is 0. The highest BCUT2D eigenvalue weighted by atomic mass is 35.5. The van der Waals surface area contributed by atoms with Gasteiger partial charge in [-0.15, -0.1) is 0 Å². The zero-order valence-electron chi connectivity index (χ0n) is 9.41. The first-order valence-electron chi connectivity index (χ1n) is 5.06. The maximum absolute atomic E-state index is 11.1. The van der Waals surface area contributed by atoms with E-state index in [9.17, 15) is 4.79 Å². The van der Waals surface area contributed by atoms with Crippen LogP contribution in [0.25, 0.3) is 11.0 Å². The van der Waals surface area contributed by atoms with Crippen molar-refractivity contribution in [2.24, 2.45) is 7.05 Å². The number of aromatic nitrogens is 3. The van der Waals surface area contributed by atoms with E-state index in [-0.39, 0.29) is 0 Å². The van der Waals surface area contributed by atoms with Crippen molar-refractivity contribution in [3.63, 3.8) is 0 Å². The van der Waals surface area contributed by atoms with Crippen molar-refractivity contribution in [3.05, 3.63) is 22.2 Å². The molecule has 0 aliphatic carbocycles. The molecule has 0 aromatic carbocycles. The van der Waals surface area contributed by atoms with E-state index >= 15 is 0 Å². The molecule has 0 unspecified atom stereocenters. The van der Waals surface area contributed by atoms with Gasteiger partial charge in [0.25, 0.3) is 0 Å². The molecule has 2 aromatic heterocycles. The Labute approximate surface area is 98.3 Å². The molecule has 0 N–H and O–H groups in total. The summed E-state index contributed by atoms with van der Waals surface area (Å²) >= 11 is 6.08.